The van der Waals surface area contributed by atoms with Crippen LogP contribution < -0.4 is 0 Å². The molecule has 21 heavy (non-hydrogen) atoms. The number of hydrogen-bond acceptors (Lipinski definition) is 6. The fourth-order valence-electron chi connectivity index (χ4n) is 3.19. The first-order chi connectivity index (χ1) is 9.74. The molecule has 3 atom stereocenters. The summed E-state index contributed by atoms with van der Waals surface area (Å²) in [5.41, 5.74) is -3.10. The van der Waals surface area contributed by atoms with Gasteiger partial charge in [0.15, 0.2) is 5.41 Å². The second-order valence-electron chi connectivity index (χ2n) is 5.73. The van der Waals surface area contributed by atoms with E-state index in [1.165, 1.54) is 13.8 Å². The third-order valence-corrected chi connectivity index (χ3v) is 4.35. The lowest BCUT2D eigenvalue weighted by molar-refractivity contribution is -0.583. The SMILES string of the molecule is CCOC(=O)[C@]1(C#N)CCC[C@](C)([N+](=O)[O-])[C@H]1CC(C)=O. The number of ketones is 1. The Bertz CT molecular complexity index is 498. The monoisotopic (exact) mass is 296 g/mol. The minimum absolute atomic E-state index is 0.0875. The van der Waals surface area contributed by atoms with Gasteiger partial charge >= 0.3 is 5.97 Å². The molecule has 7 heteroatoms. The van der Waals surface area contributed by atoms with Gasteiger partial charge in [0.05, 0.1) is 18.6 Å². The Kier molecular flexibility index (Phi) is 5.05. The molecular weight excluding hydrogens is 276 g/mol. The van der Waals surface area contributed by atoms with Crippen molar-refractivity contribution >= 4 is 11.8 Å². The molecular formula is C14H20N2O5. The van der Waals surface area contributed by atoms with Gasteiger partial charge in [-0.1, -0.05) is 0 Å². The largest absolute Gasteiger partial charge is 0.465 e. The molecule has 0 radical (unpaired) electrons. The summed E-state index contributed by atoms with van der Waals surface area (Å²) < 4.78 is 4.97. The van der Waals surface area contributed by atoms with Crippen LogP contribution in [0.1, 0.15) is 46.5 Å². The van der Waals surface area contributed by atoms with E-state index in [-0.39, 0.29) is 31.7 Å². The van der Waals surface area contributed by atoms with Gasteiger partial charge in [-0.25, -0.2) is 0 Å². The van der Waals surface area contributed by atoms with Crippen molar-refractivity contribution in [2.24, 2.45) is 11.3 Å². The van der Waals surface area contributed by atoms with Gasteiger partial charge in [0.25, 0.3) is 0 Å². The van der Waals surface area contributed by atoms with E-state index in [4.69, 9.17) is 4.74 Å². The highest BCUT2D eigenvalue weighted by molar-refractivity contribution is 5.83. The Morgan fingerprint density at radius 3 is 2.52 bits per heavy atom. The van der Waals surface area contributed by atoms with Crippen molar-refractivity contribution in [3.05, 3.63) is 10.1 Å². The summed E-state index contributed by atoms with van der Waals surface area (Å²) in [5.74, 6) is -2.01. The maximum atomic E-state index is 12.3. The third kappa shape index (κ3) is 2.89. The summed E-state index contributed by atoms with van der Waals surface area (Å²) in [4.78, 5) is 34.8. The van der Waals surface area contributed by atoms with Gasteiger partial charge in [0.1, 0.15) is 5.78 Å². The molecule has 0 aliphatic heterocycles. The Morgan fingerprint density at radius 1 is 1.48 bits per heavy atom. The average molecular weight is 296 g/mol. The van der Waals surface area contributed by atoms with Crippen LogP contribution in [0.2, 0.25) is 0 Å². The number of nitro groups is 1. The molecule has 0 amide bonds. The minimum atomic E-state index is -1.62. The molecule has 0 heterocycles. The molecule has 0 aromatic carbocycles. The van der Waals surface area contributed by atoms with Crippen molar-refractivity contribution in [1.29, 1.82) is 5.26 Å². The number of hydrogen-bond donors (Lipinski definition) is 0. The fraction of sp³-hybridized carbons (Fsp3) is 0.786. The first-order valence-electron chi connectivity index (χ1n) is 6.97. The van der Waals surface area contributed by atoms with Crippen LogP contribution in [-0.4, -0.2) is 28.8 Å². The van der Waals surface area contributed by atoms with Gasteiger partial charge in [0.2, 0.25) is 5.54 Å². The lowest BCUT2D eigenvalue weighted by atomic mass is 9.58. The lowest BCUT2D eigenvalue weighted by Gasteiger charge is -2.42. The highest BCUT2D eigenvalue weighted by Crippen LogP contribution is 2.50. The smallest absolute Gasteiger partial charge is 0.327 e. The predicted molar refractivity (Wildman–Crippen MR) is 72.7 cm³/mol. The number of nitriles is 1. The summed E-state index contributed by atoms with van der Waals surface area (Å²) in [7, 11) is 0. The second kappa shape index (κ2) is 6.20. The standard InChI is InChI=1S/C14H20N2O5/c1-4-21-12(18)14(9-15)7-5-6-13(3,16(19)20)11(14)8-10(2)17/h11H,4-8H2,1-3H3/t11-,13+,14+/m1/s1. The Hall–Kier alpha value is -1.97. The van der Waals surface area contributed by atoms with E-state index in [9.17, 15) is 25.0 Å². The van der Waals surface area contributed by atoms with Gasteiger partial charge in [0, 0.05) is 24.7 Å². The molecule has 1 fully saturated rings. The van der Waals surface area contributed by atoms with Crippen LogP contribution in [0.25, 0.3) is 0 Å². The summed E-state index contributed by atoms with van der Waals surface area (Å²) >= 11 is 0. The normalized spacial score (nSPS) is 32.0. The van der Waals surface area contributed by atoms with Crippen LogP contribution in [0.15, 0.2) is 0 Å². The van der Waals surface area contributed by atoms with E-state index in [1.807, 2.05) is 6.07 Å². The molecule has 0 saturated heterocycles. The van der Waals surface area contributed by atoms with Crippen LogP contribution in [-0.2, 0) is 14.3 Å². The molecule has 0 aromatic heterocycles. The maximum absolute atomic E-state index is 12.3. The number of carbonyl (C=O) groups is 2. The number of ether oxygens (including phenoxy) is 1. The number of rotatable bonds is 5. The minimum Gasteiger partial charge on any atom is -0.465 e. The van der Waals surface area contributed by atoms with Crippen LogP contribution in [0.4, 0.5) is 0 Å². The van der Waals surface area contributed by atoms with Crippen molar-refractivity contribution < 1.29 is 19.2 Å². The lowest BCUT2D eigenvalue weighted by Crippen LogP contribution is -2.57. The third-order valence-electron chi connectivity index (χ3n) is 4.35. The van der Waals surface area contributed by atoms with Gasteiger partial charge in [-0.15, -0.1) is 0 Å². The van der Waals surface area contributed by atoms with E-state index < -0.39 is 27.8 Å². The first kappa shape index (κ1) is 17.1. The highest BCUT2D eigenvalue weighted by atomic mass is 16.6. The van der Waals surface area contributed by atoms with Crippen molar-refractivity contribution in [3.63, 3.8) is 0 Å². The fourth-order valence-corrected chi connectivity index (χ4v) is 3.19. The molecule has 1 rings (SSSR count). The topological polar surface area (TPSA) is 110 Å². The zero-order chi connectivity index (χ0) is 16.3. The molecule has 0 aromatic rings. The molecule has 1 aliphatic carbocycles. The average Bonchev–Trinajstić information content (AvgIpc) is 2.41. The second-order valence-corrected chi connectivity index (χ2v) is 5.73. The summed E-state index contributed by atoms with van der Waals surface area (Å²) in [6, 6.07) is 1.94. The van der Waals surface area contributed by atoms with Crippen LogP contribution in [0.5, 0.6) is 0 Å². The molecule has 0 N–H and O–H groups in total. The summed E-state index contributed by atoms with van der Waals surface area (Å²) in [6.45, 7) is 4.41. The quantitative estimate of drug-likeness (QED) is 0.435. The van der Waals surface area contributed by atoms with E-state index in [0.29, 0.717) is 6.42 Å². The number of esters is 1. The van der Waals surface area contributed by atoms with Crippen molar-refractivity contribution in [2.45, 2.75) is 52.0 Å². The zero-order valence-corrected chi connectivity index (χ0v) is 12.5. The molecule has 116 valence electrons. The van der Waals surface area contributed by atoms with Gasteiger partial charge in [-0.3, -0.25) is 14.9 Å². The molecule has 1 aliphatic rings. The van der Waals surface area contributed by atoms with Crippen LogP contribution in [0.3, 0.4) is 0 Å². The van der Waals surface area contributed by atoms with Crippen molar-refractivity contribution in [1.82, 2.24) is 0 Å². The molecule has 1 saturated carbocycles. The Labute approximate surface area is 123 Å². The van der Waals surface area contributed by atoms with Gasteiger partial charge in [-0.05, 0) is 26.7 Å². The molecule has 0 spiro atoms. The van der Waals surface area contributed by atoms with Crippen molar-refractivity contribution in [3.8, 4) is 6.07 Å². The zero-order valence-electron chi connectivity index (χ0n) is 12.5. The summed E-state index contributed by atoms with van der Waals surface area (Å²) in [6.07, 6.45) is 0.618. The summed E-state index contributed by atoms with van der Waals surface area (Å²) in [5, 5.41) is 21.0. The molecule has 7 nitrogen and oxygen atoms in total. The predicted octanol–water partition coefficient (Wildman–Crippen LogP) is 1.87. The van der Waals surface area contributed by atoms with Gasteiger partial charge < -0.3 is 9.53 Å². The highest BCUT2D eigenvalue weighted by Gasteiger charge is 2.63. The number of carbonyl (C=O) groups excluding carboxylic acids is 2. The Morgan fingerprint density at radius 2 is 2.10 bits per heavy atom. The van der Waals surface area contributed by atoms with Crippen molar-refractivity contribution in [2.75, 3.05) is 6.61 Å². The number of nitrogens with zero attached hydrogens (tertiary/aromatic N) is 2. The molecule has 0 bridgehead atoms. The van der Waals surface area contributed by atoms with Gasteiger partial charge in [-0.2, -0.15) is 5.26 Å². The van der Waals surface area contributed by atoms with E-state index in [2.05, 4.69) is 0 Å². The van der Waals surface area contributed by atoms with E-state index in [1.54, 1.807) is 6.92 Å². The van der Waals surface area contributed by atoms with E-state index >= 15 is 0 Å². The van der Waals surface area contributed by atoms with Crippen LogP contribution >= 0.6 is 0 Å². The number of Topliss-reactive ketones (excluding diaryl/α,β-unsaturated/α-hetero) is 1. The van der Waals surface area contributed by atoms with Crippen LogP contribution in [0, 0.1) is 32.8 Å². The maximum Gasteiger partial charge on any atom is 0.327 e. The van der Waals surface area contributed by atoms with E-state index in [0.717, 1.165) is 0 Å². The Balaban J connectivity index is 3.38. The molecule has 0 unspecified atom stereocenters. The first-order valence-corrected chi connectivity index (χ1v) is 6.97.